The highest BCUT2D eigenvalue weighted by atomic mass is 32.2. The minimum Gasteiger partial charge on any atom is -0.493 e. The van der Waals surface area contributed by atoms with Crippen molar-refractivity contribution in [2.45, 2.75) is 30.4 Å². The molecule has 7 nitrogen and oxygen atoms in total. The van der Waals surface area contributed by atoms with E-state index in [9.17, 15) is 13.2 Å². The molecule has 0 radical (unpaired) electrons. The van der Waals surface area contributed by atoms with Gasteiger partial charge in [-0.15, -0.1) is 0 Å². The summed E-state index contributed by atoms with van der Waals surface area (Å²) in [6, 6.07) is 12.8. The Hall–Kier alpha value is -2.39. The van der Waals surface area contributed by atoms with Crippen molar-refractivity contribution in [3.05, 3.63) is 48.5 Å². The van der Waals surface area contributed by atoms with Crippen molar-refractivity contribution >= 4 is 33.4 Å². The Morgan fingerprint density at radius 2 is 1.68 bits per heavy atom. The largest absolute Gasteiger partial charge is 0.493 e. The smallest absolute Gasteiger partial charge is 0.264 e. The van der Waals surface area contributed by atoms with Crippen molar-refractivity contribution < 1.29 is 22.7 Å². The number of sulfonamides is 1. The maximum Gasteiger partial charge on any atom is 0.264 e. The Morgan fingerprint density at radius 3 is 2.26 bits per heavy atom. The molecule has 0 saturated carbocycles. The van der Waals surface area contributed by atoms with Crippen LogP contribution in [0.5, 0.6) is 11.5 Å². The van der Waals surface area contributed by atoms with Crippen LogP contribution in [0.15, 0.2) is 53.4 Å². The summed E-state index contributed by atoms with van der Waals surface area (Å²) >= 11 is 1.73. The number of benzene rings is 2. The standard InChI is InChI=1S/C22H30N2O5S2/c1-22(2,3)30-14-13-23-21(25)16-24(31(26,27)18-9-7-6-8-10-18)17-11-12-19(28-4)20(15-17)29-5/h6-12,15H,13-14,16H2,1-5H3,(H,23,25). The minimum absolute atomic E-state index is 0.0903. The first-order valence-corrected chi connectivity index (χ1v) is 12.2. The van der Waals surface area contributed by atoms with Crippen molar-refractivity contribution in [1.29, 1.82) is 0 Å². The van der Waals surface area contributed by atoms with Gasteiger partial charge in [0.05, 0.1) is 24.8 Å². The van der Waals surface area contributed by atoms with E-state index in [1.807, 2.05) is 0 Å². The maximum atomic E-state index is 13.4. The quantitative estimate of drug-likeness (QED) is 0.539. The van der Waals surface area contributed by atoms with Crippen molar-refractivity contribution in [3.63, 3.8) is 0 Å². The maximum absolute atomic E-state index is 13.4. The third-order valence-corrected chi connectivity index (χ3v) is 7.30. The molecular weight excluding hydrogens is 436 g/mol. The van der Waals surface area contributed by atoms with Gasteiger partial charge in [-0.1, -0.05) is 39.0 Å². The predicted molar refractivity (Wildman–Crippen MR) is 126 cm³/mol. The average Bonchev–Trinajstić information content (AvgIpc) is 2.74. The first-order chi connectivity index (χ1) is 14.6. The molecule has 2 rings (SSSR count). The molecule has 0 aliphatic rings. The minimum atomic E-state index is -3.98. The van der Waals surface area contributed by atoms with Gasteiger partial charge in [-0.3, -0.25) is 9.10 Å². The number of hydrogen-bond donors (Lipinski definition) is 1. The molecule has 0 heterocycles. The lowest BCUT2D eigenvalue weighted by Crippen LogP contribution is -2.41. The first kappa shape index (κ1) is 24.9. The van der Waals surface area contributed by atoms with Crippen LogP contribution in [0.2, 0.25) is 0 Å². The van der Waals surface area contributed by atoms with Gasteiger partial charge in [0.25, 0.3) is 10.0 Å². The molecule has 0 saturated heterocycles. The number of thioether (sulfide) groups is 1. The number of ether oxygens (including phenoxy) is 2. The van der Waals surface area contributed by atoms with E-state index in [2.05, 4.69) is 26.1 Å². The number of hydrogen-bond acceptors (Lipinski definition) is 6. The summed E-state index contributed by atoms with van der Waals surface area (Å²) < 4.78 is 38.4. The Bertz CT molecular complexity index is 973. The van der Waals surface area contributed by atoms with Crippen molar-refractivity contribution in [3.8, 4) is 11.5 Å². The zero-order valence-electron chi connectivity index (χ0n) is 18.5. The second-order valence-corrected chi connectivity index (χ2v) is 11.5. The zero-order chi connectivity index (χ0) is 23.1. The molecule has 31 heavy (non-hydrogen) atoms. The van der Waals surface area contributed by atoms with E-state index >= 15 is 0 Å². The molecular formula is C22H30N2O5S2. The number of methoxy groups -OCH3 is 2. The van der Waals surface area contributed by atoms with Gasteiger partial charge in [0.15, 0.2) is 11.5 Å². The Morgan fingerprint density at radius 1 is 1.03 bits per heavy atom. The molecule has 2 aromatic carbocycles. The van der Waals surface area contributed by atoms with Gasteiger partial charge in [0, 0.05) is 23.1 Å². The summed E-state index contributed by atoms with van der Waals surface area (Å²) in [6.45, 7) is 6.40. The van der Waals surface area contributed by atoms with Crippen molar-refractivity contribution in [1.82, 2.24) is 5.32 Å². The molecule has 1 N–H and O–H groups in total. The van der Waals surface area contributed by atoms with Crippen LogP contribution in [0.1, 0.15) is 20.8 Å². The lowest BCUT2D eigenvalue weighted by Gasteiger charge is -2.25. The number of nitrogens with one attached hydrogen (secondary N) is 1. The summed E-state index contributed by atoms with van der Waals surface area (Å²) in [4.78, 5) is 12.7. The number of carbonyl (C=O) groups excluding carboxylic acids is 1. The van der Waals surface area contributed by atoms with Crippen LogP contribution in [-0.4, -0.2) is 52.1 Å². The molecule has 0 aromatic heterocycles. The monoisotopic (exact) mass is 466 g/mol. The fourth-order valence-corrected chi connectivity index (χ4v) is 5.00. The number of amides is 1. The summed E-state index contributed by atoms with van der Waals surface area (Å²) in [7, 11) is -1.01. The molecule has 0 aliphatic carbocycles. The van der Waals surface area contributed by atoms with E-state index in [0.29, 0.717) is 23.7 Å². The van der Waals surface area contributed by atoms with Gasteiger partial charge in [-0.05, 0) is 24.3 Å². The second kappa shape index (κ2) is 10.8. The van der Waals surface area contributed by atoms with E-state index in [0.717, 1.165) is 10.1 Å². The second-order valence-electron chi connectivity index (χ2n) is 7.67. The van der Waals surface area contributed by atoms with E-state index in [-0.39, 0.29) is 22.1 Å². The Labute approximate surface area is 189 Å². The lowest BCUT2D eigenvalue weighted by molar-refractivity contribution is -0.119. The zero-order valence-corrected chi connectivity index (χ0v) is 20.2. The molecule has 9 heteroatoms. The van der Waals surface area contributed by atoms with Gasteiger partial charge in [0.2, 0.25) is 5.91 Å². The van der Waals surface area contributed by atoms with Crippen LogP contribution in [0.3, 0.4) is 0 Å². The van der Waals surface area contributed by atoms with Gasteiger partial charge < -0.3 is 14.8 Å². The fraction of sp³-hybridized carbons (Fsp3) is 0.409. The van der Waals surface area contributed by atoms with Crippen LogP contribution in [0.4, 0.5) is 5.69 Å². The summed E-state index contributed by atoms with van der Waals surface area (Å²) in [5.74, 6) is 1.18. The number of nitrogens with zero attached hydrogens (tertiary/aromatic N) is 1. The molecule has 1 amide bonds. The number of carbonyl (C=O) groups is 1. The highest BCUT2D eigenvalue weighted by molar-refractivity contribution is 8.00. The van der Waals surface area contributed by atoms with Crippen LogP contribution in [0, 0.1) is 0 Å². The first-order valence-electron chi connectivity index (χ1n) is 9.79. The Kier molecular flexibility index (Phi) is 8.64. The van der Waals surface area contributed by atoms with Crippen molar-refractivity contribution in [2.75, 3.05) is 37.4 Å². The fourth-order valence-electron chi connectivity index (χ4n) is 2.75. The summed E-state index contributed by atoms with van der Waals surface area (Å²) in [5.41, 5.74) is 0.306. The normalized spacial score (nSPS) is 11.6. The molecule has 2 aromatic rings. The van der Waals surface area contributed by atoms with Gasteiger partial charge in [0.1, 0.15) is 6.54 Å². The van der Waals surface area contributed by atoms with Crippen LogP contribution < -0.4 is 19.1 Å². The predicted octanol–water partition coefficient (Wildman–Crippen LogP) is 3.55. The van der Waals surface area contributed by atoms with E-state index in [4.69, 9.17) is 9.47 Å². The average molecular weight is 467 g/mol. The molecule has 170 valence electrons. The van der Waals surface area contributed by atoms with Gasteiger partial charge >= 0.3 is 0 Å². The van der Waals surface area contributed by atoms with Crippen LogP contribution in [-0.2, 0) is 14.8 Å². The molecule has 0 spiro atoms. The highest BCUT2D eigenvalue weighted by Crippen LogP contribution is 2.33. The van der Waals surface area contributed by atoms with E-state index in [1.54, 1.807) is 48.2 Å². The highest BCUT2D eigenvalue weighted by Gasteiger charge is 2.28. The summed E-state index contributed by atoms with van der Waals surface area (Å²) in [5, 5.41) is 2.81. The topological polar surface area (TPSA) is 84.9 Å². The molecule has 0 atom stereocenters. The van der Waals surface area contributed by atoms with Gasteiger partial charge in [-0.25, -0.2) is 8.42 Å². The van der Waals surface area contributed by atoms with E-state index in [1.165, 1.54) is 26.4 Å². The van der Waals surface area contributed by atoms with Crippen LogP contribution >= 0.6 is 11.8 Å². The lowest BCUT2D eigenvalue weighted by atomic mass is 10.2. The molecule has 0 bridgehead atoms. The number of anilines is 1. The van der Waals surface area contributed by atoms with E-state index < -0.39 is 10.0 Å². The van der Waals surface area contributed by atoms with Crippen molar-refractivity contribution in [2.24, 2.45) is 0 Å². The summed E-state index contributed by atoms with van der Waals surface area (Å²) in [6.07, 6.45) is 0. The molecule has 0 unspecified atom stereocenters. The Balaban J connectivity index is 2.30. The van der Waals surface area contributed by atoms with Crippen LogP contribution in [0.25, 0.3) is 0 Å². The van der Waals surface area contributed by atoms with Gasteiger partial charge in [-0.2, -0.15) is 11.8 Å². The third kappa shape index (κ3) is 7.07. The molecule has 0 fully saturated rings. The third-order valence-electron chi connectivity index (χ3n) is 4.23. The molecule has 0 aliphatic heterocycles. The SMILES string of the molecule is COc1ccc(N(CC(=O)NCCSC(C)(C)C)S(=O)(=O)c2ccccc2)cc1OC. The number of rotatable bonds is 10.